The Morgan fingerprint density at radius 2 is 1.85 bits per heavy atom. The molecule has 3 rings (SSSR count). The number of rotatable bonds is 5. The van der Waals surface area contributed by atoms with Crippen LogP contribution >= 0.6 is 11.6 Å². The summed E-state index contributed by atoms with van der Waals surface area (Å²) < 4.78 is 0. The number of pyridine rings is 1. The summed E-state index contributed by atoms with van der Waals surface area (Å²) in [7, 11) is 0. The van der Waals surface area contributed by atoms with E-state index in [0.29, 0.717) is 16.4 Å². The van der Waals surface area contributed by atoms with E-state index in [4.69, 9.17) is 11.6 Å². The van der Waals surface area contributed by atoms with Gasteiger partial charge in [0.1, 0.15) is 5.82 Å². The first-order chi connectivity index (χ1) is 12.5. The molecule has 5 heteroatoms. The van der Waals surface area contributed by atoms with E-state index in [1.54, 1.807) is 30.5 Å². The monoisotopic (exact) mass is 365 g/mol. The largest absolute Gasteiger partial charge is 0.364 e. The highest BCUT2D eigenvalue weighted by atomic mass is 35.5. The highest BCUT2D eigenvalue weighted by molar-refractivity contribution is 6.30. The summed E-state index contributed by atoms with van der Waals surface area (Å²) in [6.45, 7) is 3.96. The van der Waals surface area contributed by atoms with Crippen molar-refractivity contribution < 1.29 is 4.79 Å². The molecule has 0 aliphatic rings. The van der Waals surface area contributed by atoms with E-state index >= 15 is 0 Å². The van der Waals surface area contributed by atoms with Gasteiger partial charge in [0.2, 0.25) is 0 Å². The van der Waals surface area contributed by atoms with Crippen molar-refractivity contribution in [3.63, 3.8) is 0 Å². The number of nitrogens with one attached hydrogen (secondary N) is 2. The summed E-state index contributed by atoms with van der Waals surface area (Å²) in [6, 6.07) is 19.0. The number of halogens is 1. The molecule has 1 amide bonds. The minimum absolute atomic E-state index is 0.0838. The molecule has 1 aromatic heterocycles. The van der Waals surface area contributed by atoms with Crippen LogP contribution in [0.1, 0.15) is 34.5 Å². The third-order valence-corrected chi connectivity index (χ3v) is 4.36. The van der Waals surface area contributed by atoms with Gasteiger partial charge in [0.25, 0.3) is 5.91 Å². The molecule has 0 spiro atoms. The number of anilines is 2. The van der Waals surface area contributed by atoms with Crippen LogP contribution in [0.25, 0.3) is 0 Å². The van der Waals surface area contributed by atoms with E-state index in [-0.39, 0.29) is 11.9 Å². The van der Waals surface area contributed by atoms with Crippen molar-refractivity contribution in [1.29, 1.82) is 0 Å². The predicted octanol–water partition coefficient (Wildman–Crippen LogP) is 5.47. The molecule has 26 heavy (non-hydrogen) atoms. The molecule has 0 aliphatic heterocycles. The molecule has 0 radical (unpaired) electrons. The summed E-state index contributed by atoms with van der Waals surface area (Å²) in [4.78, 5) is 16.9. The lowest BCUT2D eigenvalue weighted by atomic mass is 10.1. The van der Waals surface area contributed by atoms with Crippen LogP contribution in [-0.4, -0.2) is 10.9 Å². The normalized spacial score (nSPS) is 11.7. The molecule has 2 N–H and O–H groups in total. The van der Waals surface area contributed by atoms with Crippen molar-refractivity contribution in [2.75, 3.05) is 10.6 Å². The Kier molecular flexibility index (Phi) is 5.54. The molecule has 4 nitrogen and oxygen atoms in total. The van der Waals surface area contributed by atoms with Gasteiger partial charge in [-0.25, -0.2) is 4.98 Å². The lowest BCUT2D eigenvalue weighted by molar-refractivity contribution is 0.102. The van der Waals surface area contributed by atoms with Gasteiger partial charge < -0.3 is 10.6 Å². The molecule has 0 fully saturated rings. The molecule has 0 saturated heterocycles. The van der Waals surface area contributed by atoms with E-state index < -0.39 is 0 Å². The molecule has 132 valence electrons. The number of hydrogen-bond donors (Lipinski definition) is 2. The number of nitrogens with zero attached hydrogens (tertiary/aromatic N) is 1. The summed E-state index contributed by atoms with van der Waals surface area (Å²) in [5.41, 5.74) is 3.34. The zero-order valence-corrected chi connectivity index (χ0v) is 15.4. The molecule has 1 atom stereocenters. The second kappa shape index (κ2) is 8.02. The maximum atomic E-state index is 12.6. The molecule has 0 bridgehead atoms. The first-order valence-electron chi connectivity index (χ1n) is 8.38. The first-order valence-corrected chi connectivity index (χ1v) is 8.76. The van der Waals surface area contributed by atoms with Gasteiger partial charge in [-0.15, -0.1) is 0 Å². The maximum Gasteiger partial charge on any atom is 0.255 e. The second-order valence-electron chi connectivity index (χ2n) is 6.12. The fraction of sp³-hybridized carbons (Fsp3) is 0.143. The van der Waals surface area contributed by atoms with Gasteiger partial charge in [-0.05, 0) is 55.3 Å². The Morgan fingerprint density at radius 3 is 2.58 bits per heavy atom. The van der Waals surface area contributed by atoms with Gasteiger partial charge in [-0.2, -0.15) is 0 Å². The average Bonchev–Trinajstić information content (AvgIpc) is 2.65. The first kappa shape index (κ1) is 18.0. The number of carbonyl (C=O) groups is 1. The van der Waals surface area contributed by atoms with Crippen molar-refractivity contribution in [3.8, 4) is 0 Å². The van der Waals surface area contributed by atoms with Crippen molar-refractivity contribution >= 4 is 29.0 Å². The lowest BCUT2D eigenvalue weighted by Crippen LogP contribution is -2.14. The van der Waals surface area contributed by atoms with Crippen LogP contribution in [0.3, 0.4) is 0 Å². The Labute approximate surface area is 158 Å². The highest BCUT2D eigenvalue weighted by Crippen LogP contribution is 2.21. The number of aromatic nitrogens is 1. The van der Waals surface area contributed by atoms with E-state index in [1.165, 1.54) is 0 Å². The standard InChI is InChI=1S/C21H20ClN3O/c1-14-12-18(22)8-9-19(14)25-21(26)17-10-11-23-20(13-17)24-15(2)16-6-4-3-5-7-16/h3-13,15H,1-2H3,(H,23,24)(H,25,26). The SMILES string of the molecule is Cc1cc(Cl)ccc1NC(=O)c1ccnc(NC(C)c2ccccc2)c1. The second-order valence-corrected chi connectivity index (χ2v) is 6.56. The zero-order chi connectivity index (χ0) is 18.5. The molecule has 1 heterocycles. The van der Waals surface area contributed by atoms with Crippen LogP contribution in [-0.2, 0) is 0 Å². The van der Waals surface area contributed by atoms with Gasteiger partial charge >= 0.3 is 0 Å². The zero-order valence-electron chi connectivity index (χ0n) is 14.7. The average molecular weight is 366 g/mol. The third-order valence-electron chi connectivity index (χ3n) is 4.12. The molecule has 0 saturated carbocycles. The molecular formula is C21H20ClN3O. The number of amides is 1. The number of benzene rings is 2. The fourth-order valence-corrected chi connectivity index (χ4v) is 2.89. The van der Waals surface area contributed by atoms with Gasteiger partial charge in [0.05, 0.1) is 0 Å². The number of hydrogen-bond acceptors (Lipinski definition) is 3. The third kappa shape index (κ3) is 4.41. The Hall–Kier alpha value is -2.85. The predicted molar refractivity (Wildman–Crippen MR) is 107 cm³/mol. The molecule has 2 aromatic carbocycles. The number of carbonyl (C=O) groups excluding carboxylic acids is 1. The molecule has 1 unspecified atom stereocenters. The van der Waals surface area contributed by atoms with E-state index in [0.717, 1.165) is 16.8 Å². The minimum Gasteiger partial charge on any atom is -0.364 e. The Balaban J connectivity index is 1.73. The quantitative estimate of drug-likeness (QED) is 0.630. The van der Waals surface area contributed by atoms with Crippen LogP contribution < -0.4 is 10.6 Å². The van der Waals surface area contributed by atoms with Crippen LogP contribution in [0.4, 0.5) is 11.5 Å². The fourth-order valence-electron chi connectivity index (χ4n) is 2.66. The van der Waals surface area contributed by atoms with Gasteiger partial charge in [0.15, 0.2) is 0 Å². The topological polar surface area (TPSA) is 54.0 Å². The van der Waals surface area contributed by atoms with Crippen molar-refractivity contribution in [3.05, 3.63) is 88.6 Å². The van der Waals surface area contributed by atoms with E-state index in [1.807, 2.05) is 31.2 Å². The van der Waals surface area contributed by atoms with E-state index in [9.17, 15) is 4.79 Å². The molecule has 3 aromatic rings. The Bertz CT molecular complexity index is 912. The van der Waals surface area contributed by atoms with Crippen molar-refractivity contribution in [1.82, 2.24) is 4.98 Å². The highest BCUT2D eigenvalue weighted by Gasteiger charge is 2.11. The van der Waals surface area contributed by atoms with Crippen molar-refractivity contribution in [2.24, 2.45) is 0 Å². The number of aryl methyl sites for hydroxylation is 1. The van der Waals surface area contributed by atoms with Crippen LogP contribution in [0.2, 0.25) is 5.02 Å². The van der Waals surface area contributed by atoms with E-state index in [2.05, 4.69) is 34.7 Å². The maximum absolute atomic E-state index is 12.6. The van der Waals surface area contributed by atoms with Crippen LogP contribution in [0.15, 0.2) is 66.9 Å². The molecule has 0 aliphatic carbocycles. The summed E-state index contributed by atoms with van der Waals surface area (Å²) in [5.74, 6) is 0.468. The smallest absolute Gasteiger partial charge is 0.255 e. The van der Waals surface area contributed by atoms with Gasteiger partial charge in [-0.3, -0.25) is 4.79 Å². The summed E-state index contributed by atoms with van der Waals surface area (Å²) >= 11 is 5.96. The minimum atomic E-state index is -0.187. The Morgan fingerprint density at radius 1 is 1.08 bits per heavy atom. The van der Waals surface area contributed by atoms with Gasteiger partial charge in [-0.1, -0.05) is 41.9 Å². The summed E-state index contributed by atoms with van der Waals surface area (Å²) in [6.07, 6.45) is 1.63. The lowest BCUT2D eigenvalue weighted by Gasteiger charge is -2.15. The molecular weight excluding hydrogens is 346 g/mol. The van der Waals surface area contributed by atoms with Gasteiger partial charge in [0, 0.05) is 28.5 Å². The van der Waals surface area contributed by atoms with Crippen molar-refractivity contribution in [2.45, 2.75) is 19.9 Å². The van der Waals surface area contributed by atoms with Crippen LogP contribution in [0, 0.1) is 6.92 Å². The van der Waals surface area contributed by atoms with Crippen LogP contribution in [0.5, 0.6) is 0 Å². The summed E-state index contributed by atoms with van der Waals surface area (Å²) in [5, 5.41) is 6.88.